The Morgan fingerprint density at radius 1 is 1.41 bits per heavy atom. The molecule has 0 amide bonds. The number of aliphatic hydroxyl groups excluding tert-OH is 1. The fraction of sp³-hybridized carbons (Fsp3) is 0.455. The van der Waals surface area contributed by atoms with Crippen LogP contribution in [0.2, 0.25) is 0 Å². The van der Waals surface area contributed by atoms with E-state index in [9.17, 15) is 5.11 Å². The summed E-state index contributed by atoms with van der Waals surface area (Å²) in [5, 5.41) is 13.6. The molecule has 0 aromatic carbocycles. The van der Waals surface area contributed by atoms with Crippen LogP contribution in [0.1, 0.15) is 19.3 Å². The molecule has 0 bridgehead atoms. The number of fused-ring (bicyclic) bond motifs is 1. The van der Waals surface area contributed by atoms with Crippen LogP contribution in [0.4, 0.5) is 5.82 Å². The maximum Gasteiger partial charge on any atom is 0.191 e. The van der Waals surface area contributed by atoms with Crippen LogP contribution in [0.5, 0.6) is 0 Å². The molecule has 6 heteroatoms. The third kappa shape index (κ3) is 2.12. The Morgan fingerprint density at radius 3 is 3.06 bits per heavy atom. The van der Waals surface area contributed by atoms with Crippen LogP contribution >= 0.6 is 23.1 Å². The predicted molar refractivity (Wildman–Crippen MR) is 71.3 cm³/mol. The van der Waals surface area contributed by atoms with E-state index in [4.69, 9.17) is 5.73 Å². The lowest BCUT2D eigenvalue weighted by Gasteiger charge is -2.12. The molecule has 90 valence electrons. The molecule has 2 atom stereocenters. The van der Waals surface area contributed by atoms with Crippen molar-refractivity contribution in [2.45, 2.75) is 35.8 Å². The Balaban J connectivity index is 1.89. The summed E-state index contributed by atoms with van der Waals surface area (Å²) in [6, 6.07) is 1.94. The zero-order valence-corrected chi connectivity index (χ0v) is 10.8. The Kier molecular flexibility index (Phi) is 2.94. The SMILES string of the molecule is Nc1nc(SC2CCCC2O)nc2sccc12. The molecule has 1 aliphatic carbocycles. The monoisotopic (exact) mass is 267 g/mol. The molecule has 3 N–H and O–H groups in total. The van der Waals surface area contributed by atoms with Crippen LogP contribution in [-0.4, -0.2) is 26.4 Å². The quantitative estimate of drug-likeness (QED) is 0.817. The molecule has 3 rings (SSSR count). The van der Waals surface area contributed by atoms with Gasteiger partial charge in [-0.2, -0.15) is 0 Å². The largest absolute Gasteiger partial charge is 0.392 e. The van der Waals surface area contributed by atoms with Gasteiger partial charge in [-0.05, 0) is 30.7 Å². The highest BCUT2D eigenvalue weighted by atomic mass is 32.2. The van der Waals surface area contributed by atoms with E-state index in [-0.39, 0.29) is 11.4 Å². The zero-order chi connectivity index (χ0) is 11.8. The fourth-order valence-corrected chi connectivity index (χ4v) is 4.06. The second kappa shape index (κ2) is 4.44. The lowest BCUT2D eigenvalue weighted by Crippen LogP contribution is -2.15. The van der Waals surface area contributed by atoms with Gasteiger partial charge in [0.05, 0.1) is 11.5 Å². The summed E-state index contributed by atoms with van der Waals surface area (Å²) < 4.78 is 0. The highest BCUT2D eigenvalue weighted by Gasteiger charge is 2.27. The smallest absolute Gasteiger partial charge is 0.191 e. The number of nitrogens with zero attached hydrogens (tertiary/aromatic N) is 2. The molecular weight excluding hydrogens is 254 g/mol. The van der Waals surface area contributed by atoms with E-state index in [2.05, 4.69) is 9.97 Å². The van der Waals surface area contributed by atoms with Crippen LogP contribution < -0.4 is 5.73 Å². The minimum absolute atomic E-state index is 0.215. The lowest BCUT2D eigenvalue weighted by molar-refractivity contribution is 0.188. The van der Waals surface area contributed by atoms with Gasteiger partial charge < -0.3 is 10.8 Å². The molecule has 0 aliphatic heterocycles. The Hall–Kier alpha value is -0.850. The van der Waals surface area contributed by atoms with E-state index >= 15 is 0 Å². The number of nitrogens with two attached hydrogens (primary N) is 1. The molecule has 2 aromatic heterocycles. The molecule has 17 heavy (non-hydrogen) atoms. The number of hydrogen-bond acceptors (Lipinski definition) is 6. The molecule has 2 heterocycles. The first kappa shape index (κ1) is 11.3. The molecule has 2 unspecified atom stereocenters. The normalized spacial score (nSPS) is 24.5. The predicted octanol–water partition coefficient (Wildman–Crippen LogP) is 2.28. The van der Waals surface area contributed by atoms with Crippen LogP contribution in [0.25, 0.3) is 10.2 Å². The molecule has 0 radical (unpaired) electrons. The summed E-state index contributed by atoms with van der Waals surface area (Å²) in [5.74, 6) is 0.534. The van der Waals surface area contributed by atoms with E-state index in [0.717, 1.165) is 29.5 Å². The first-order chi connectivity index (χ1) is 8.24. The third-order valence-electron chi connectivity index (χ3n) is 3.01. The van der Waals surface area contributed by atoms with Gasteiger partial charge in [-0.25, -0.2) is 9.97 Å². The molecule has 1 fully saturated rings. The van der Waals surface area contributed by atoms with Gasteiger partial charge in [0.2, 0.25) is 0 Å². The Morgan fingerprint density at radius 2 is 2.29 bits per heavy atom. The highest BCUT2D eigenvalue weighted by Crippen LogP contribution is 2.35. The van der Waals surface area contributed by atoms with E-state index in [1.807, 2.05) is 11.4 Å². The summed E-state index contributed by atoms with van der Waals surface area (Å²) in [4.78, 5) is 9.69. The summed E-state index contributed by atoms with van der Waals surface area (Å²) >= 11 is 3.11. The van der Waals surface area contributed by atoms with Gasteiger partial charge in [0, 0.05) is 5.25 Å². The van der Waals surface area contributed by atoms with E-state index in [1.165, 1.54) is 0 Å². The average molecular weight is 267 g/mol. The molecule has 0 spiro atoms. The van der Waals surface area contributed by atoms with Gasteiger partial charge in [0.25, 0.3) is 0 Å². The zero-order valence-electron chi connectivity index (χ0n) is 9.17. The second-order valence-electron chi connectivity index (χ2n) is 4.19. The van der Waals surface area contributed by atoms with E-state index in [1.54, 1.807) is 23.1 Å². The van der Waals surface area contributed by atoms with E-state index in [0.29, 0.717) is 11.0 Å². The topological polar surface area (TPSA) is 72.0 Å². The number of aliphatic hydroxyl groups is 1. The van der Waals surface area contributed by atoms with Crippen molar-refractivity contribution >= 4 is 39.1 Å². The number of thioether (sulfide) groups is 1. The van der Waals surface area contributed by atoms with Gasteiger partial charge in [0.15, 0.2) is 5.16 Å². The van der Waals surface area contributed by atoms with Crippen LogP contribution in [-0.2, 0) is 0 Å². The van der Waals surface area contributed by atoms with Crippen molar-refractivity contribution in [3.8, 4) is 0 Å². The molecule has 1 aliphatic rings. The van der Waals surface area contributed by atoms with Crippen molar-refractivity contribution in [3.05, 3.63) is 11.4 Å². The summed E-state index contributed by atoms with van der Waals surface area (Å²) in [6.45, 7) is 0. The van der Waals surface area contributed by atoms with Crippen LogP contribution in [0, 0.1) is 0 Å². The number of thiophene rings is 1. The minimum Gasteiger partial charge on any atom is -0.392 e. The molecule has 4 nitrogen and oxygen atoms in total. The van der Waals surface area contributed by atoms with Gasteiger partial charge >= 0.3 is 0 Å². The Labute approximate surface area is 107 Å². The van der Waals surface area contributed by atoms with Crippen molar-refractivity contribution in [1.29, 1.82) is 0 Å². The van der Waals surface area contributed by atoms with Crippen LogP contribution in [0.15, 0.2) is 16.6 Å². The van der Waals surface area contributed by atoms with Crippen molar-refractivity contribution in [3.63, 3.8) is 0 Å². The summed E-state index contributed by atoms with van der Waals surface area (Å²) in [5.41, 5.74) is 5.89. The van der Waals surface area contributed by atoms with Crippen LogP contribution in [0.3, 0.4) is 0 Å². The molecule has 0 saturated heterocycles. The minimum atomic E-state index is -0.233. The maximum atomic E-state index is 9.79. The highest BCUT2D eigenvalue weighted by molar-refractivity contribution is 7.99. The third-order valence-corrected chi connectivity index (χ3v) is 5.06. The number of aromatic nitrogens is 2. The van der Waals surface area contributed by atoms with E-state index < -0.39 is 0 Å². The number of rotatable bonds is 2. The average Bonchev–Trinajstić information content (AvgIpc) is 2.89. The van der Waals surface area contributed by atoms with Crippen molar-refractivity contribution in [2.24, 2.45) is 0 Å². The molecule has 2 aromatic rings. The fourth-order valence-electron chi connectivity index (χ4n) is 2.09. The second-order valence-corrected chi connectivity index (χ2v) is 6.29. The van der Waals surface area contributed by atoms with Gasteiger partial charge in [-0.3, -0.25) is 0 Å². The molecular formula is C11H13N3OS2. The number of anilines is 1. The first-order valence-corrected chi connectivity index (χ1v) is 7.35. The van der Waals surface area contributed by atoms with Crippen molar-refractivity contribution in [1.82, 2.24) is 9.97 Å². The maximum absolute atomic E-state index is 9.79. The summed E-state index contributed by atoms with van der Waals surface area (Å²) in [7, 11) is 0. The standard InChI is InChI=1S/C11H13N3OS2/c12-9-6-4-5-16-10(6)14-11(13-9)17-8-3-1-2-7(8)15/h4-5,7-8,15H,1-3H2,(H2,12,13,14). The van der Waals surface area contributed by atoms with Crippen molar-refractivity contribution < 1.29 is 5.11 Å². The first-order valence-electron chi connectivity index (χ1n) is 5.59. The molecule has 1 saturated carbocycles. The Bertz CT molecular complexity index is 542. The number of nitrogen functional groups attached to an aromatic ring is 1. The van der Waals surface area contributed by atoms with Crippen molar-refractivity contribution in [2.75, 3.05) is 5.73 Å². The van der Waals surface area contributed by atoms with Gasteiger partial charge in [0.1, 0.15) is 10.6 Å². The van der Waals surface area contributed by atoms with Gasteiger partial charge in [-0.15, -0.1) is 11.3 Å². The lowest BCUT2D eigenvalue weighted by atomic mass is 10.3. The summed E-state index contributed by atoms with van der Waals surface area (Å²) in [6.07, 6.45) is 2.76. The number of hydrogen-bond donors (Lipinski definition) is 2. The van der Waals surface area contributed by atoms with Gasteiger partial charge in [-0.1, -0.05) is 11.8 Å².